The Morgan fingerprint density at radius 2 is 1.88 bits per heavy atom. The number of hydrogen-bond donors (Lipinski definition) is 1. The van der Waals surface area contributed by atoms with E-state index in [1.165, 1.54) is 17.0 Å². The topological polar surface area (TPSA) is 82.2 Å². The normalized spacial score (nSPS) is 24.1. The second-order valence-electron chi connectivity index (χ2n) is 9.32. The lowest BCUT2D eigenvalue weighted by Gasteiger charge is -2.44. The monoisotopic (exact) mass is 472 g/mol. The fraction of sp³-hybridized carbons (Fsp3) is 0.560. The summed E-state index contributed by atoms with van der Waals surface area (Å²) < 4.78 is 18.9. The number of nitrogens with zero attached hydrogens (tertiary/aromatic N) is 3. The van der Waals surface area contributed by atoms with E-state index in [1.54, 1.807) is 26.1 Å². The van der Waals surface area contributed by atoms with Gasteiger partial charge in [0.25, 0.3) is 0 Å². The molecule has 1 aromatic rings. The van der Waals surface area contributed by atoms with Crippen molar-refractivity contribution in [2.45, 2.75) is 45.2 Å². The Balaban J connectivity index is 1.60. The van der Waals surface area contributed by atoms with E-state index in [-0.39, 0.29) is 30.5 Å². The molecule has 0 aromatic heterocycles. The minimum absolute atomic E-state index is 0.0455. The van der Waals surface area contributed by atoms with Crippen LogP contribution in [0.1, 0.15) is 44.7 Å². The average molecular weight is 473 g/mol. The van der Waals surface area contributed by atoms with Crippen LogP contribution in [0.5, 0.6) is 0 Å². The van der Waals surface area contributed by atoms with Gasteiger partial charge in [-0.05, 0) is 44.4 Å². The summed E-state index contributed by atoms with van der Waals surface area (Å²) in [6.07, 6.45) is 3.08. The van der Waals surface area contributed by atoms with E-state index in [2.05, 4.69) is 10.2 Å². The number of amides is 3. The molecule has 9 heteroatoms. The van der Waals surface area contributed by atoms with Gasteiger partial charge in [0.05, 0.1) is 18.2 Å². The van der Waals surface area contributed by atoms with E-state index < -0.39 is 17.8 Å². The van der Waals surface area contributed by atoms with Gasteiger partial charge in [0, 0.05) is 50.9 Å². The number of esters is 1. The van der Waals surface area contributed by atoms with Crippen molar-refractivity contribution in [3.05, 3.63) is 46.9 Å². The Morgan fingerprint density at radius 1 is 1.18 bits per heavy atom. The van der Waals surface area contributed by atoms with E-state index in [4.69, 9.17) is 4.74 Å². The van der Waals surface area contributed by atoms with Crippen LogP contribution in [0.4, 0.5) is 9.18 Å². The first-order chi connectivity index (χ1) is 16.3. The van der Waals surface area contributed by atoms with Gasteiger partial charge in [-0.3, -0.25) is 14.6 Å². The lowest BCUT2D eigenvalue weighted by molar-refractivity contribution is -0.142. The number of rotatable bonds is 6. The standard InChI is InChI=1S/C25H33FN4O4/c1-4-34-24(32)21-20(28(3)25(33)27-22(21)17-8-10-19(26)11-9-17)15-29-12-13-30(16(2)14-29)23(31)18-6-5-7-18/h8-11,16,18,22H,4-7,12-15H2,1-3H3,(H,27,33)/t16-,22-/m0/s1. The number of likely N-dealkylation sites (N-methyl/N-ethyl adjacent to an activating group) is 1. The third kappa shape index (κ3) is 4.80. The molecule has 1 aromatic carbocycles. The molecule has 1 saturated carbocycles. The fourth-order valence-electron chi connectivity index (χ4n) is 4.91. The van der Waals surface area contributed by atoms with Crippen molar-refractivity contribution in [3.63, 3.8) is 0 Å². The van der Waals surface area contributed by atoms with Crippen LogP contribution in [-0.4, -0.2) is 78.5 Å². The second-order valence-corrected chi connectivity index (χ2v) is 9.32. The maximum Gasteiger partial charge on any atom is 0.338 e. The molecule has 1 saturated heterocycles. The van der Waals surface area contributed by atoms with Crippen molar-refractivity contribution >= 4 is 17.9 Å². The minimum atomic E-state index is -0.739. The Labute approximate surface area is 199 Å². The van der Waals surface area contributed by atoms with Gasteiger partial charge >= 0.3 is 12.0 Å². The van der Waals surface area contributed by atoms with E-state index in [1.807, 2.05) is 11.8 Å². The predicted molar refractivity (Wildman–Crippen MR) is 124 cm³/mol. The molecule has 0 radical (unpaired) electrons. The molecular weight excluding hydrogens is 439 g/mol. The molecular formula is C25H33FN4O4. The molecule has 1 N–H and O–H groups in total. The zero-order valence-corrected chi connectivity index (χ0v) is 20.1. The highest BCUT2D eigenvalue weighted by molar-refractivity contribution is 5.95. The van der Waals surface area contributed by atoms with Crippen molar-refractivity contribution in [2.75, 3.05) is 39.8 Å². The lowest BCUT2D eigenvalue weighted by Crippen LogP contribution is -2.57. The zero-order valence-electron chi connectivity index (χ0n) is 20.1. The number of piperazine rings is 1. The highest BCUT2D eigenvalue weighted by atomic mass is 19.1. The summed E-state index contributed by atoms with van der Waals surface area (Å²) >= 11 is 0. The van der Waals surface area contributed by atoms with E-state index in [9.17, 15) is 18.8 Å². The maximum absolute atomic E-state index is 13.5. The first-order valence-corrected chi connectivity index (χ1v) is 12.0. The molecule has 2 fully saturated rings. The first kappa shape index (κ1) is 24.2. The molecule has 0 spiro atoms. The molecule has 3 aliphatic rings. The number of urea groups is 1. The van der Waals surface area contributed by atoms with Crippen LogP contribution < -0.4 is 5.32 Å². The Morgan fingerprint density at radius 3 is 2.47 bits per heavy atom. The minimum Gasteiger partial charge on any atom is -0.463 e. The first-order valence-electron chi connectivity index (χ1n) is 12.0. The van der Waals surface area contributed by atoms with Crippen LogP contribution in [0, 0.1) is 11.7 Å². The van der Waals surface area contributed by atoms with Gasteiger partial charge in [-0.15, -0.1) is 0 Å². The Hall–Kier alpha value is -2.94. The Bertz CT molecular complexity index is 976. The molecule has 2 atom stereocenters. The molecule has 2 aliphatic heterocycles. The summed E-state index contributed by atoms with van der Waals surface area (Å²) in [7, 11) is 1.63. The van der Waals surface area contributed by atoms with Crippen molar-refractivity contribution in [1.82, 2.24) is 20.0 Å². The number of nitrogens with one attached hydrogen (secondary N) is 1. The molecule has 8 nitrogen and oxygen atoms in total. The van der Waals surface area contributed by atoms with E-state index in [0.29, 0.717) is 43.0 Å². The SMILES string of the molecule is CCOC(=O)C1=C(CN2CCN(C(=O)C3CCC3)[C@@H](C)C2)N(C)C(=O)N[C@H]1c1ccc(F)cc1. The molecule has 0 bridgehead atoms. The number of ether oxygens (including phenoxy) is 1. The van der Waals surface area contributed by atoms with Gasteiger partial charge in [0.15, 0.2) is 0 Å². The van der Waals surface area contributed by atoms with Gasteiger partial charge in [0.2, 0.25) is 5.91 Å². The third-order valence-corrected chi connectivity index (χ3v) is 7.10. The molecule has 2 heterocycles. The maximum atomic E-state index is 13.5. The number of hydrogen-bond acceptors (Lipinski definition) is 5. The number of carbonyl (C=O) groups excluding carboxylic acids is 3. The highest BCUT2D eigenvalue weighted by Gasteiger charge is 2.39. The van der Waals surface area contributed by atoms with Gasteiger partial charge < -0.3 is 15.0 Å². The molecule has 184 valence electrons. The van der Waals surface area contributed by atoms with Gasteiger partial charge in [-0.25, -0.2) is 14.0 Å². The summed E-state index contributed by atoms with van der Waals surface area (Å²) in [5, 5.41) is 2.85. The quantitative estimate of drug-likeness (QED) is 0.644. The molecule has 34 heavy (non-hydrogen) atoms. The van der Waals surface area contributed by atoms with Crippen LogP contribution in [0.25, 0.3) is 0 Å². The summed E-state index contributed by atoms with van der Waals surface area (Å²) in [5.41, 5.74) is 1.51. The van der Waals surface area contributed by atoms with Crippen LogP contribution in [0.15, 0.2) is 35.5 Å². The largest absolute Gasteiger partial charge is 0.463 e. The number of halogens is 1. The smallest absolute Gasteiger partial charge is 0.338 e. The van der Waals surface area contributed by atoms with Crippen molar-refractivity contribution in [1.29, 1.82) is 0 Å². The van der Waals surface area contributed by atoms with Gasteiger partial charge in [0.1, 0.15) is 5.82 Å². The van der Waals surface area contributed by atoms with Crippen molar-refractivity contribution < 1.29 is 23.5 Å². The molecule has 0 unspecified atom stereocenters. The number of carbonyl (C=O) groups is 3. The lowest BCUT2D eigenvalue weighted by atomic mass is 9.84. The van der Waals surface area contributed by atoms with Crippen molar-refractivity contribution in [3.8, 4) is 0 Å². The zero-order chi connectivity index (χ0) is 24.4. The highest BCUT2D eigenvalue weighted by Crippen LogP contribution is 2.33. The predicted octanol–water partition coefficient (Wildman–Crippen LogP) is 2.67. The number of benzene rings is 1. The summed E-state index contributed by atoms with van der Waals surface area (Å²) in [6, 6.07) is 4.71. The molecule has 4 rings (SSSR count). The summed E-state index contributed by atoms with van der Waals surface area (Å²) in [5.74, 6) is -0.495. The van der Waals surface area contributed by atoms with Crippen LogP contribution in [0.2, 0.25) is 0 Å². The second kappa shape index (κ2) is 10.1. The van der Waals surface area contributed by atoms with Crippen LogP contribution in [-0.2, 0) is 14.3 Å². The van der Waals surface area contributed by atoms with Crippen LogP contribution >= 0.6 is 0 Å². The summed E-state index contributed by atoms with van der Waals surface area (Å²) in [6.45, 7) is 6.26. The van der Waals surface area contributed by atoms with E-state index >= 15 is 0 Å². The molecule has 3 amide bonds. The van der Waals surface area contributed by atoms with Crippen molar-refractivity contribution in [2.24, 2.45) is 5.92 Å². The van der Waals surface area contributed by atoms with E-state index in [0.717, 1.165) is 19.3 Å². The average Bonchev–Trinajstić information content (AvgIpc) is 2.76. The van der Waals surface area contributed by atoms with Crippen LogP contribution in [0.3, 0.4) is 0 Å². The fourth-order valence-corrected chi connectivity index (χ4v) is 4.91. The third-order valence-electron chi connectivity index (χ3n) is 7.10. The van der Waals surface area contributed by atoms with Gasteiger partial charge in [-0.1, -0.05) is 18.6 Å². The molecule has 1 aliphatic carbocycles. The Kier molecular flexibility index (Phi) is 7.21. The summed E-state index contributed by atoms with van der Waals surface area (Å²) in [4.78, 5) is 44.3. The van der Waals surface area contributed by atoms with Gasteiger partial charge in [-0.2, -0.15) is 0 Å².